The highest BCUT2D eigenvalue weighted by Crippen LogP contribution is 2.20. The van der Waals surface area contributed by atoms with Crippen LogP contribution in [0.2, 0.25) is 0 Å². The lowest BCUT2D eigenvalue weighted by Crippen LogP contribution is -2.42. The van der Waals surface area contributed by atoms with E-state index in [1.807, 2.05) is 26.8 Å². The van der Waals surface area contributed by atoms with Gasteiger partial charge in [-0.25, -0.2) is 9.78 Å². The van der Waals surface area contributed by atoms with E-state index in [-0.39, 0.29) is 29.4 Å². The number of para-hydroxylation sites is 1. The number of rotatable bonds is 11. The Kier molecular flexibility index (Phi) is 8.62. The second-order valence-electron chi connectivity index (χ2n) is 9.11. The van der Waals surface area contributed by atoms with E-state index in [1.165, 1.54) is 9.47 Å². The minimum absolute atomic E-state index is 0.00447. The molecule has 0 fully saturated rings. The minimum Gasteiger partial charge on any atom is -0.383 e. The van der Waals surface area contributed by atoms with E-state index in [4.69, 9.17) is 5.73 Å². The van der Waals surface area contributed by atoms with Crippen LogP contribution in [0.25, 0.3) is 10.9 Å². The number of nitrogens with one attached hydrogen (secondary N) is 2. The van der Waals surface area contributed by atoms with E-state index in [9.17, 15) is 19.2 Å². The molecule has 0 bridgehead atoms. The topological polar surface area (TPSA) is 147 Å². The van der Waals surface area contributed by atoms with Crippen LogP contribution in [0.4, 0.5) is 11.5 Å². The Bertz CT molecular complexity index is 1350. The number of unbranched alkanes of at least 4 members (excludes halogenated alkanes) is 1. The van der Waals surface area contributed by atoms with Gasteiger partial charge in [0.1, 0.15) is 11.6 Å². The molecule has 3 rings (SSSR count). The molecule has 0 saturated heterocycles. The third-order valence-electron chi connectivity index (χ3n) is 5.92. The predicted octanol–water partition coefficient (Wildman–Crippen LogP) is 2.56. The van der Waals surface area contributed by atoms with Crippen molar-refractivity contribution >= 4 is 28.3 Å². The molecule has 2 aromatic heterocycles. The van der Waals surface area contributed by atoms with Crippen LogP contribution in [0.5, 0.6) is 0 Å². The largest absolute Gasteiger partial charge is 0.383 e. The fourth-order valence-electron chi connectivity index (χ4n) is 3.92. The molecule has 10 heteroatoms. The summed E-state index contributed by atoms with van der Waals surface area (Å²) < 4.78 is 1.32. The van der Waals surface area contributed by atoms with Crippen LogP contribution in [0.1, 0.15) is 58.7 Å². The number of H-pyrrole nitrogens is 2. The third-order valence-corrected chi connectivity index (χ3v) is 5.92. The van der Waals surface area contributed by atoms with Gasteiger partial charge in [0.25, 0.3) is 11.1 Å². The number of carbonyl (C=O) groups is 1. The number of nitrogen functional groups attached to an aromatic ring is 1. The van der Waals surface area contributed by atoms with Gasteiger partial charge in [0.15, 0.2) is 5.69 Å². The van der Waals surface area contributed by atoms with Gasteiger partial charge in [-0.15, -0.1) is 0 Å². The van der Waals surface area contributed by atoms with Crippen molar-refractivity contribution in [3.8, 4) is 0 Å². The number of aromatic amines is 2. The summed E-state index contributed by atoms with van der Waals surface area (Å²) in [5.74, 6) is 0.528. The number of aromatic nitrogens is 4. The Balaban J connectivity index is 1.83. The first-order chi connectivity index (χ1) is 16.7. The lowest BCUT2D eigenvalue weighted by atomic mass is 10.1. The van der Waals surface area contributed by atoms with E-state index in [2.05, 4.69) is 15.0 Å². The van der Waals surface area contributed by atoms with E-state index < -0.39 is 11.2 Å². The molecule has 0 radical (unpaired) electrons. The van der Waals surface area contributed by atoms with Crippen LogP contribution in [0, 0.1) is 5.92 Å². The SMILES string of the molecule is CCCCn1c(N)c(N(CCC(C)C)C(=O)CCCc2nc3ccccc3c(=O)[nH]2)c(=O)[nH]c1=O. The number of hydrogen-bond donors (Lipinski definition) is 3. The fourth-order valence-corrected chi connectivity index (χ4v) is 3.92. The summed E-state index contributed by atoms with van der Waals surface area (Å²) in [5.41, 5.74) is 5.41. The van der Waals surface area contributed by atoms with Crippen molar-refractivity contribution in [2.45, 2.75) is 65.8 Å². The summed E-state index contributed by atoms with van der Waals surface area (Å²) in [5, 5.41) is 0.514. The van der Waals surface area contributed by atoms with Crippen molar-refractivity contribution in [1.82, 2.24) is 19.5 Å². The molecule has 0 saturated carbocycles. The van der Waals surface area contributed by atoms with Gasteiger partial charge in [-0.1, -0.05) is 39.3 Å². The Morgan fingerprint density at radius 2 is 1.86 bits per heavy atom. The van der Waals surface area contributed by atoms with Crippen molar-refractivity contribution in [2.24, 2.45) is 5.92 Å². The zero-order valence-corrected chi connectivity index (χ0v) is 20.6. The van der Waals surface area contributed by atoms with Gasteiger partial charge < -0.3 is 15.6 Å². The highest BCUT2D eigenvalue weighted by Gasteiger charge is 2.24. The molecule has 4 N–H and O–H groups in total. The molecular weight excluding hydrogens is 448 g/mol. The monoisotopic (exact) mass is 482 g/mol. The van der Waals surface area contributed by atoms with E-state index in [0.29, 0.717) is 61.4 Å². The Morgan fingerprint density at radius 1 is 1.11 bits per heavy atom. The number of benzene rings is 1. The molecule has 35 heavy (non-hydrogen) atoms. The molecule has 1 amide bonds. The molecule has 1 aromatic carbocycles. The van der Waals surface area contributed by atoms with Crippen LogP contribution >= 0.6 is 0 Å². The van der Waals surface area contributed by atoms with Crippen LogP contribution in [-0.2, 0) is 17.8 Å². The molecule has 0 atom stereocenters. The van der Waals surface area contributed by atoms with Crippen LogP contribution < -0.4 is 27.4 Å². The number of anilines is 2. The molecule has 2 heterocycles. The van der Waals surface area contributed by atoms with Gasteiger partial charge in [-0.05, 0) is 37.3 Å². The smallest absolute Gasteiger partial charge is 0.330 e. The number of amides is 1. The standard InChI is InChI=1S/C25H34N6O4/c1-4-5-14-31-22(26)21(24(34)29-25(31)35)30(15-13-16(2)3)20(32)12-8-11-19-27-18-10-7-6-9-17(18)23(33)28-19/h6-7,9-10,16H,4-5,8,11-15,26H2,1-3H3,(H,27,28,33)(H,29,34,35). The molecule has 0 spiro atoms. The van der Waals surface area contributed by atoms with Crippen molar-refractivity contribution in [3.05, 3.63) is 61.3 Å². The number of nitrogens with zero attached hydrogens (tertiary/aromatic N) is 3. The highest BCUT2D eigenvalue weighted by atomic mass is 16.2. The number of aryl methyl sites for hydroxylation is 1. The van der Waals surface area contributed by atoms with Gasteiger partial charge in [0.2, 0.25) is 5.91 Å². The first kappa shape index (κ1) is 25.9. The normalized spacial score (nSPS) is 11.3. The van der Waals surface area contributed by atoms with Gasteiger partial charge in [0, 0.05) is 25.9 Å². The second kappa shape index (κ2) is 11.6. The molecule has 0 aliphatic rings. The third kappa shape index (κ3) is 6.26. The zero-order valence-electron chi connectivity index (χ0n) is 20.6. The minimum atomic E-state index is -0.669. The summed E-state index contributed by atoms with van der Waals surface area (Å²) in [6, 6.07) is 7.08. The Morgan fingerprint density at radius 3 is 2.57 bits per heavy atom. The van der Waals surface area contributed by atoms with Crippen molar-refractivity contribution in [3.63, 3.8) is 0 Å². The highest BCUT2D eigenvalue weighted by molar-refractivity contribution is 5.95. The van der Waals surface area contributed by atoms with Crippen LogP contribution in [0.15, 0.2) is 38.6 Å². The van der Waals surface area contributed by atoms with Crippen molar-refractivity contribution in [2.75, 3.05) is 17.2 Å². The van der Waals surface area contributed by atoms with Crippen LogP contribution in [0.3, 0.4) is 0 Å². The predicted molar refractivity (Wildman–Crippen MR) is 138 cm³/mol. The summed E-state index contributed by atoms with van der Waals surface area (Å²) in [6.45, 7) is 6.71. The summed E-state index contributed by atoms with van der Waals surface area (Å²) >= 11 is 0. The van der Waals surface area contributed by atoms with Gasteiger partial charge in [-0.2, -0.15) is 0 Å². The summed E-state index contributed by atoms with van der Waals surface area (Å²) in [4.78, 5) is 61.6. The fraction of sp³-hybridized carbons (Fsp3) is 0.480. The molecule has 0 aliphatic heterocycles. The Labute approximate surface area is 203 Å². The zero-order chi connectivity index (χ0) is 25.5. The average molecular weight is 483 g/mol. The van der Waals surface area contributed by atoms with Crippen molar-refractivity contribution in [1.29, 1.82) is 0 Å². The summed E-state index contributed by atoms with van der Waals surface area (Å²) in [6.07, 6.45) is 3.17. The lowest BCUT2D eigenvalue weighted by molar-refractivity contribution is -0.118. The quantitative estimate of drug-likeness (QED) is 0.383. The Hall–Kier alpha value is -3.69. The first-order valence-electron chi connectivity index (χ1n) is 12.1. The number of carbonyl (C=O) groups excluding carboxylic acids is 1. The van der Waals surface area contributed by atoms with Crippen molar-refractivity contribution < 1.29 is 4.79 Å². The van der Waals surface area contributed by atoms with E-state index >= 15 is 0 Å². The van der Waals surface area contributed by atoms with Crippen LogP contribution in [-0.4, -0.2) is 32.0 Å². The van der Waals surface area contributed by atoms with Gasteiger partial charge in [0.05, 0.1) is 10.9 Å². The molecule has 188 valence electrons. The van der Waals surface area contributed by atoms with Gasteiger partial charge in [-0.3, -0.25) is 23.9 Å². The lowest BCUT2D eigenvalue weighted by Gasteiger charge is -2.25. The molecular formula is C25H34N6O4. The molecule has 10 nitrogen and oxygen atoms in total. The average Bonchev–Trinajstić information content (AvgIpc) is 2.80. The molecule has 0 aliphatic carbocycles. The second-order valence-corrected chi connectivity index (χ2v) is 9.11. The maximum Gasteiger partial charge on any atom is 0.330 e. The number of fused-ring (bicyclic) bond motifs is 1. The maximum atomic E-state index is 13.3. The number of nitrogens with two attached hydrogens (primary N) is 1. The summed E-state index contributed by atoms with van der Waals surface area (Å²) in [7, 11) is 0. The number of hydrogen-bond acceptors (Lipinski definition) is 6. The first-order valence-corrected chi connectivity index (χ1v) is 12.1. The molecule has 0 unspecified atom stereocenters. The van der Waals surface area contributed by atoms with E-state index in [1.54, 1.807) is 18.2 Å². The van der Waals surface area contributed by atoms with Gasteiger partial charge >= 0.3 is 5.69 Å². The van der Waals surface area contributed by atoms with E-state index in [0.717, 1.165) is 6.42 Å². The maximum absolute atomic E-state index is 13.3. The molecule has 3 aromatic rings.